The van der Waals surface area contributed by atoms with Crippen LogP contribution in [-0.2, 0) is 11.3 Å². The fourth-order valence-electron chi connectivity index (χ4n) is 2.52. The van der Waals surface area contributed by atoms with Crippen LogP contribution in [0.3, 0.4) is 0 Å². The van der Waals surface area contributed by atoms with Gasteiger partial charge in [0, 0.05) is 24.5 Å². The summed E-state index contributed by atoms with van der Waals surface area (Å²) >= 11 is 25.6. The van der Waals surface area contributed by atoms with Crippen molar-refractivity contribution in [2.45, 2.75) is 25.0 Å². The van der Waals surface area contributed by atoms with E-state index in [0.29, 0.717) is 5.16 Å². The summed E-state index contributed by atoms with van der Waals surface area (Å²) in [5, 5.41) is 12.5. The van der Waals surface area contributed by atoms with Gasteiger partial charge in [0.2, 0.25) is 5.91 Å². The van der Waals surface area contributed by atoms with E-state index >= 15 is 0 Å². The van der Waals surface area contributed by atoms with Crippen LogP contribution in [0.4, 0.5) is 5.69 Å². The molecule has 2 aromatic heterocycles. The van der Waals surface area contributed by atoms with Gasteiger partial charge in [-0.15, -0.1) is 10.2 Å². The summed E-state index contributed by atoms with van der Waals surface area (Å²) in [5.41, 5.74) is 1.09. The molecule has 6 nitrogen and oxygen atoms in total. The van der Waals surface area contributed by atoms with E-state index in [0.717, 1.165) is 24.4 Å². The minimum atomic E-state index is -0.325. The molecule has 0 aliphatic rings. The first-order valence-electron chi connectivity index (χ1n) is 8.51. The smallest absolute Gasteiger partial charge is 0.234 e. The van der Waals surface area contributed by atoms with E-state index in [1.165, 1.54) is 17.8 Å². The molecule has 152 valence electrons. The number of aromatic nitrogens is 4. The fourth-order valence-corrected chi connectivity index (χ4v) is 4.19. The first-order chi connectivity index (χ1) is 13.9. The van der Waals surface area contributed by atoms with Gasteiger partial charge in [-0.1, -0.05) is 65.1 Å². The Hall–Kier alpha value is -1.51. The van der Waals surface area contributed by atoms with Gasteiger partial charge in [0.05, 0.1) is 31.5 Å². The molecule has 0 fully saturated rings. The lowest BCUT2D eigenvalue weighted by Crippen LogP contribution is -2.15. The zero-order chi connectivity index (χ0) is 21.0. The van der Waals surface area contributed by atoms with E-state index in [1.807, 2.05) is 16.7 Å². The number of carbonyl (C=O) groups excluding carboxylic acids is 1. The number of nitrogens with one attached hydrogen (secondary N) is 1. The third-order valence-electron chi connectivity index (χ3n) is 3.81. The summed E-state index contributed by atoms with van der Waals surface area (Å²) in [4.78, 5) is 16.5. The van der Waals surface area contributed by atoms with Gasteiger partial charge in [-0.2, -0.15) is 0 Å². The molecular weight excluding hydrogens is 476 g/mol. The Morgan fingerprint density at radius 1 is 1.10 bits per heavy atom. The van der Waals surface area contributed by atoms with E-state index in [1.54, 1.807) is 12.4 Å². The highest BCUT2D eigenvalue weighted by Crippen LogP contribution is 2.41. The molecule has 0 radical (unpaired) electrons. The molecule has 0 bridgehead atoms. The maximum atomic E-state index is 12.5. The standard InChI is InChI=1S/C18H15Cl4N5OS/c1-2-7-27-17(10-3-5-23-6-4-10)25-26-18(27)29-9-13(28)24-16-14(21)11(19)8-12(20)15(16)22/h3-6,8H,2,7,9H2,1H3,(H,24,28). The molecule has 0 aliphatic heterocycles. The van der Waals surface area contributed by atoms with Crippen molar-refractivity contribution in [3.8, 4) is 11.4 Å². The van der Waals surface area contributed by atoms with E-state index in [9.17, 15) is 4.79 Å². The Morgan fingerprint density at radius 3 is 2.38 bits per heavy atom. The molecule has 1 amide bonds. The van der Waals surface area contributed by atoms with Crippen molar-refractivity contribution in [3.63, 3.8) is 0 Å². The Bertz CT molecular complexity index is 1000. The molecule has 0 atom stereocenters. The van der Waals surface area contributed by atoms with Crippen molar-refractivity contribution in [2.75, 3.05) is 11.1 Å². The summed E-state index contributed by atoms with van der Waals surface area (Å²) in [6.07, 6.45) is 4.29. The molecule has 0 unspecified atom stereocenters. The quantitative estimate of drug-likeness (QED) is 0.320. The third kappa shape index (κ3) is 5.16. The number of benzene rings is 1. The van der Waals surface area contributed by atoms with Crippen molar-refractivity contribution in [3.05, 3.63) is 50.7 Å². The number of halogens is 4. The maximum Gasteiger partial charge on any atom is 0.234 e. The van der Waals surface area contributed by atoms with Crippen LogP contribution in [0.1, 0.15) is 13.3 Å². The minimum Gasteiger partial charge on any atom is -0.323 e. The first kappa shape index (κ1) is 22.2. The number of anilines is 1. The summed E-state index contributed by atoms with van der Waals surface area (Å²) in [5.74, 6) is 0.480. The van der Waals surface area contributed by atoms with Crippen molar-refractivity contribution in [1.29, 1.82) is 0 Å². The average molecular weight is 491 g/mol. The summed E-state index contributed by atoms with van der Waals surface area (Å²) < 4.78 is 1.98. The highest BCUT2D eigenvalue weighted by atomic mass is 35.5. The van der Waals surface area contributed by atoms with Gasteiger partial charge >= 0.3 is 0 Å². The lowest BCUT2D eigenvalue weighted by molar-refractivity contribution is -0.113. The SMILES string of the molecule is CCCn1c(SCC(=O)Nc2c(Cl)c(Cl)cc(Cl)c2Cl)nnc1-c1ccncc1. The Labute approximate surface area is 191 Å². The average Bonchev–Trinajstić information content (AvgIpc) is 3.12. The molecule has 1 N–H and O–H groups in total. The highest BCUT2D eigenvalue weighted by molar-refractivity contribution is 7.99. The van der Waals surface area contributed by atoms with Crippen LogP contribution < -0.4 is 5.32 Å². The van der Waals surface area contributed by atoms with Crippen LogP contribution in [0.15, 0.2) is 35.7 Å². The molecular formula is C18H15Cl4N5OS. The normalized spacial score (nSPS) is 10.9. The van der Waals surface area contributed by atoms with Gasteiger partial charge in [-0.05, 0) is 24.6 Å². The van der Waals surface area contributed by atoms with Gasteiger partial charge in [0.1, 0.15) is 0 Å². The zero-order valence-electron chi connectivity index (χ0n) is 15.1. The number of pyridine rings is 1. The van der Waals surface area contributed by atoms with Crippen molar-refractivity contribution in [2.24, 2.45) is 0 Å². The molecule has 29 heavy (non-hydrogen) atoms. The number of nitrogens with zero attached hydrogens (tertiary/aromatic N) is 4. The second kappa shape index (κ2) is 10.00. The van der Waals surface area contributed by atoms with Crippen molar-refractivity contribution < 1.29 is 4.79 Å². The molecule has 0 spiro atoms. The zero-order valence-corrected chi connectivity index (χ0v) is 19.0. The number of carbonyl (C=O) groups is 1. The van der Waals surface area contributed by atoms with Crippen LogP contribution in [0.25, 0.3) is 11.4 Å². The Morgan fingerprint density at radius 2 is 1.76 bits per heavy atom. The maximum absolute atomic E-state index is 12.5. The molecule has 3 rings (SSSR count). The Balaban J connectivity index is 1.75. The predicted octanol–water partition coefficient (Wildman–Crippen LogP) is 6.09. The minimum absolute atomic E-state index is 0.0784. The molecule has 3 aromatic rings. The van der Waals surface area contributed by atoms with Crippen LogP contribution >= 0.6 is 58.2 Å². The number of hydrogen-bond donors (Lipinski definition) is 1. The number of thioether (sulfide) groups is 1. The van der Waals surface area contributed by atoms with Gasteiger partial charge in [0.25, 0.3) is 0 Å². The lowest BCUT2D eigenvalue weighted by Gasteiger charge is -2.12. The molecule has 0 aliphatic carbocycles. The number of amides is 1. The monoisotopic (exact) mass is 489 g/mol. The van der Waals surface area contributed by atoms with Crippen molar-refractivity contribution in [1.82, 2.24) is 19.7 Å². The summed E-state index contributed by atoms with van der Waals surface area (Å²) in [6, 6.07) is 5.15. The Kier molecular flexibility index (Phi) is 7.65. The van der Waals surface area contributed by atoms with Gasteiger partial charge < -0.3 is 9.88 Å². The summed E-state index contributed by atoms with van der Waals surface area (Å²) in [7, 11) is 0. The predicted molar refractivity (Wildman–Crippen MR) is 119 cm³/mol. The van der Waals surface area contributed by atoms with Gasteiger partial charge in [0.15, 0.2) is 11.0 Å². The fraction of sp³-hybridized carbons (Fsp3) is 0.222. The first-order valence-corrected chi connectivity index (χ1v) is 11.0. The number of rotatable bonds is 7. The summed E-state index contributed by atoms with van der Waals surface area (Å²) in [6.45, 7) is 2.78. The molecule has 11 heteroatoms. The van der Waals surface area contributed by atoms with Crippen LogP contribution in [0, 0.1) is 0 Å². The topological polar surface area (TPSA) is 72.7 Å². The highest BCUT2D eigenvalue weighted by Gasteiger charge is 2.18. The van der Waals surface area contributed by atoms with Gasteiger partial charge in [-0.3, -0.25) is 9.78 Å². The second-order valence-corrected chi connectivity index (χ2v) is 8.39. The molecule has 0 saturated heterocycles. The van der Waals surface area contributed by atoms with Crippen LogP contribution in [0.5, 0.6) is 0 Å². The molecule has 1 aromatic carbocycles. The second-order valence-electron chi connectivity index (χ2n) is 5.87. The number of hydrogen-bond acceptors (Lipinski definition) is 5. The van der Waals surface area contributed by atoms with Crippen LogP contribution in [0.2, 0.25) is 20.1 Å². The van der Waals surface area contributed by atoms with Crippen molar-refractivity contribution >= 4 is 69.8 Å². The van der Waals surface area contributed by atoms with Gasteiger partial charge in [-0.25, -0.2) is 0 Å². The largest absolute Gasteiger partial charge is 0.323 e. The molecule has 0 saturated carbocycles. The van der Waals surface area contributed by atoms with E-state index in [2.05, 4.69) is 27.4 Å². The van der Waals surface area contributed by atoms with E-state index in [4.69, 9.17) is 46.4 Å². The lowest BCUT2D eigenvalue weighted by atomic mass is 10.2. The van der Waals surface area contributed by atoms with E-state index in [-0.39, 0.29) is 37.4 Å². The third-order valence-corrected chi connectivity index (χ3v) is 6.35. The molecule has 2 heterocycles. The van der Waals surface area contributed by atoms with E-state index < -0.39 is 0 Å². The van der Waals surface area contributed by atoms with Crippen LogP contribution in [-0.4, -0.2) is 31.4 Å².